The Morgan fingerprint density at radius 3 is 2.08 bits per heavy atom. The van der Waals surface area contributed by atoms with Gasteiger partial charge in [0, 0.05) is 13.1 Å². The molecule has 0 aliphatic carbocycles. The first-order valence-electron chi connectivity index (χ1n) is 4.92. The van der Waals surface area contributed by atoms with Gasteiger partial charge in [0.05, 0.1) is 0 Å². The molecule has 2 nitrogen and oxygen atoms in total. The maximum Gasteiger partial charge on any atom is 0.0163 e. The first-order valence-corrected chi connectivity index (χ1v) is 4.92. The third-order valence-corrected chi connectivity index (χ3v) is 1.75. The molecule has 0 unspecified atom stereocenters. The maximum atomic E-state index is 5.36. The largest absolute Gasteiger partial charge is 0.327 e. The number of rotatable bonds is 7. The highest BCUT2D eigenvalue weighted by Crippen LogP contribution is 1.93. The van der Waals surface area contributed by atoms with Crippen molar-refractivity contribution in [1.29, 1.82) is 0 Å². The lowest BCUT2D eigenvalue weighted by molar-refractivity contribution is 0.303. The van der Waals surface area contributed by atoms with Crippen molar-refractivity contribution in [2.24, 2.45) is 5.73 Å². The summed E-state index contributed by atoms with van der Waals surface area (Å²) in [7, 11) is 0. The van der Waals surface area contributed by atoms with Gasteiger partial charge in [-0.25, -0.2) is 0 Å². The molecule has 0 aliphatic heterocycles. The molecule has 0 aromatic heterocycles. The molecule has 0 radical (unpaired) electrons. The maximum absolute atomic E-state index is 5.36. The van der Waals surface area contributed by atoms with E-state index in [0.717, 1.165) is 6.54 Å². The smallest absolute Gasteiger partial charge is 0.0163 e. The Morgan fingerprint density at radius 2 is 1.67 bits per heavy atom. The summed E-state index contributed by atoms with van der Waals surface area (Å²) < 4.78 is 0. The van der Waals surface area contributed by atoms with Crippen LogP contribution in [0.3, 0.4) is 0 Å². The first-order chi connectivity index (χ1) is 5.85. The molecule has 0 saturated carbocycles. The van der Waals surface area contributed by atoms with Gasteiger partial charge in [-0.05, 0) is 25.9 Å². The molecule has 72 valence electrons. The third kappa shape index (κ3) is 6.38. The molecule has 0 amide bonds. The Kier molecular flexibility index (Phi) is 8.51. The monoisotopic (exact) mass is 170 g/mol. The van der Waals surface area contributed by atoms with Gasteiger partial charge in [-0.1, -0.05) is 26.0 Å². The molecule has 0 fully saturated rings. The van der Waals surface area contributed by atoms with Gasteiger partial charge in [0.2, 0.25) is 0 Å². The Morgan fingerprint density at radius 1 is 1.08 bits per heavy atom. The molecule has 0 aliphatic rings. The quantitative estimate of drug-likeness (QED) is 0.588. The molecule has 2 heteroatoms. The zero-order chi connectivity index (χ0) is 9.23. The highest BCUT2D eigenvalue weighted by atomic mass is 15.1. The predicted octanol–water partition coefficient (Wildman–Crippen LogP) is 1.62. The molecular weight excluding hydrogens is 148 g/mol. The molecular formula is C10H22N2. The van der Waals surface area contributed by atoms with Crippen LogP contribution in [0.25, 0.3) is 0 Å². The van der Waals surface area contributed by atoms with Crippen LogP contribution in [0.4, 0.5) is 0 Å². The molecule has 0 aromatic rings. The fraction of sp³-hybridized carbons (Fsp3) is 0.800. The van der Waals surface area contributed by atoms with Crippen molar-refractivity contribution in [3.63, 3.8) is 0 Å². The van der Waals surface area contributed by atoms with Gasteiger partial charge >= 0.3 is 0 Å². The third-order valence-electron chi connectivity index (χ3n) is 1.75. The summed E-state index contributed by atoms with van der Waals surface area (Å²) in [6.45, 7) is 8.54. The SMILES string of the molecule is CCCN(CC=CCN)CCC. The van der Waals surface area contributed by atoms with Gasteiger partial charge in [-0.15, -0.1) is 0 Å². The zero-order valence-electron chi connectivity index (χ0n) is 8.42. The Labute approximate surface area is 76.4 Å². The van der Waals surface area contributed by atoms with Crippen LogP contribution in [-0.2, 0) is 0 Å². The van der Waals surface area contributed by atoms with Crippen LogP contribution in [0, 0.1) is 0 Å². The van der Waals surface area contributed by atoms with E-state index in [0.29, 0.717) is 6.54 Å². The van der Waals surface area contributed by atoms with Crippen molar-refractivity contribution < 1.29 is 0 Å². The molecule has 12 heavy (non-hydrogen) atoms. The van der Waals surface area contributed by atoms with Crippen molar-refractivity contribution in [3.05, 3.63) is 12.2 Å². The Hall–Kier alpha value is -0.340. The highest BCUT2D eigenvalue weighted by Gasteiger charge is 1.97. The van der Waals surface area contributed by atoms with E-state index in [1.165, 1.54) is 25.9 Å². The number of hydrogen-bond acceptors (Lipinski definition) is 2. The zero-order valence-corrected chi connectivity index (χ0v) is 8.42. The van der Waals surface area contributed by atoms with Crippen LogP contribution in [0.5, 0.6) is 0 Å². The summed E-state index contributed by atoms with van der Waals surface area (Å²) in [5.41, 5.74) is 5.36. The lowest BCUT2D eigenvalue weighted by Gasteiger charge is -2.18. The predicted molar refractivity (Wildman–Crippen MR) is 55.2 cm³/mol. The van der Waals surface area contributed by atoms with E-state index in [-0.39, 0.29) is 0 Å². The molecule has 0 aromatic carbocycles. The minimum Gasteiger partial charge on any atom is -0.327 e. The van der Waals surface area contributed by atoms with Gasteiger partial charge in [-0.2, -0.15) is 0 Å². The molecule has 0 bridgehead atoms. The van der Waals surface area contributed by atoms with Crippen molar-refractivity contribution in [2.45, 2.75) is 26.7 Å². The second-order valence-corrected chi connectivity index (χ2v) is 3.01. The molecule has 0 rings (SSSR count). The molecule has 0 spiro atoms. The molecule has 0 heterocycles. The standard InChI is InChI=1S/C10H22N2/c1-3-8-12(9-4-2)10-6-5-7-11/h5-6H,3-4,7-11H2,1-2H3. The van der Waals surface area contributed by atoms with Gasteiger partial charge < -0.3 is 5.73 Å². The molecule has 0 saturated heterocycles. The number of hydrogen-bond donors (Lipinski definition) is 1. The van der Waals surface area contributed by atoms with Crippen molar-refractivity contribution in [2.75, 3.05) is 26.2 Å². The van der Waals surface area contributed by atoms with Crippen molar-refractivity contribution >= 4 is 0 Å². The summed E-state index contributed by atoms with van der Waals surface area (Å²) >= 11 is 0. The van der Waals surface area contributed by atoms with Crippen LogP contribution < -0.4 is 5.73 Å². The number of nitrogens with zero attached hydrogens (tertiary/aromatic N) is 1. The van der Waals surface area contributed by atoms with Crippen molar-refractivity contribution in [3.8, 4) is 0 Å². The summed E-state index contributed by atoms with van der Waals surface area (Å²) in [4.78, 5) is 2.45. The second-order valence-electron chi connectivity index (χ2n) is 3.01. The van der Waals surface area contributed by atoms with Crippen LogP contribution >= 0.6 is 0 Å². The number of nitrogens with two attached hydrogens (primary N) is 1. The Bertz CT molecular complexity index is 104. The van der Waals surface area contributed by atoms with E-state index in [1.54, 1.807) is 0 Å². The van der Waals surface area contributed by atoms with Gasteiger partial charge in [-0.3, -0.25) is 4.90 Å². The molecule has 0 atom stereocenters. The summed E-state index contributed by atoms with van der Waals surface area (Å²) in [6, 6.07) is 0. The van der Waals surface area contributed by atoms with Crippen LogP contribution in [0.1, 0.15) is 26.7 Å². The minimum atomic E-state index is 0.659. The summed E-state index contributed by atoms with van der Waals surface area (Å²) in [6.07, 6.45) is 6.65. The second kappa shape index (κ2) is 8.75. The van der Waals surface area contributed by atoms with E-state index in [2.05, 4.69) is 24.8 Å². The van der Waals surface area contributed by atoms with Crippen molar-refractivity contribution in [1.82, 2.24) is 4.90 Å². The van der Waals surface area contributed by atoms with E-state index in [9.17, 15) is 0 Å². The fourth-order valence-corrected chi connectivity index (χ4v) is 1.25. The lowest BCUT2D eigenvalue weighted by atomic mass is 10.3. The minimum absolute atomic E-state index is 0.659. The molecule has 2 N–H and O–H groups in total. The Balaban J connectivity index is 3.54. The van der Waals surface area contributed by atoms with Crippen LogP contribution in [0.2, 0.25) is 0 Å². The van der Waals surface area contributed by atoms with E-state index in [1.807, 2.05) is 6.08 Å². The lowest BCUT2D eigenvalue weighted by Crippen LogP contribution is -2.25. The fourth-order valence-electron chi connectivity index (χ4n) is 1.25. The summed E-state index contributed by atoms with van der Waals surface area (Å²) in [5, 5.41) is 0. The van der Waals surface area contributed by atoms with Crippen LogP contribution in [0.15, 0.2) is 12.2 Å². The first kappa shape index (κ1) is 11.7. The van der Waals surface area contributed by atoms with Crippen LogP contribution in [-0.4, -0.2) is 31.1 Å². The highest BCUT2D eigenvalue weighted by molar-refractivity contribution is 4.85. The van der Waals surface area contributed by atoms with E-state index >= 15 is 0 Å². The van der Waals surface area contributed by atoms with Gasteiger partial charge in [0.15, 0.2) is 0 Å². The normalized spacial score (nSPS) is 11.7. The topological polar surface area (TPSA) is 29.3 Å². The van der Waals surface area contributed by atoms with Gasteiger partial charge in [0.25, 0.3) is 0 Å². The van der Waals surface area contributed by atoms with E-state index in [4.69, 9.17) is 5.73 Å². The summed E-state index contributed by atoms with van der Waals surface area (Å²) in [5.74, 6) is 0. The average Bonchev–Trinajstić information content (AvgIpc) is 2.06. The van der Waals surface area contributed by atoms with E-state index < -0.39 is 0 Å². The average molecular weight is 170 g/mol. The van der Waals surface area contributed by atoms with Gasteiger partial charge in [0.1, 0.15) is 0 Å².